The number of amides is 1. The van der Waals surface area contributed by atoms with E-state index in [4.69, 9.17) is 0 Å². The Bertz CT molecular complexity index is 1020. The number of imidazole rings is 1. The maximum Gasteiger partial charge on any atom is 0.338 e. The zero-order chi connectivity index (χ0) is 18.3. The number of aryl methyl sites for hydroxylation is 2. The largest absolute Gasteiger partial charge is 0.338 e. The average molecular weight is 351 g/mol. The van der Waals surface area contributed by atoms with E-state index in [9.17, 15) is 9.59 Å². The topological polar surface area (TPSA) is 73.0 Å². The fraction of sp³-hybridized carbons (Fsp3) is 0.368. The molecule has 7 nitrogen and oxygen atoms in total. The number of rotatable bonds is 3. The van der Waals surface area contributed by atoms with E-state index >= 15 is 0 Å². The second-order valence-electron chi connectivity index (χ2n) is 6.72. The standard InChI is InChI=1S/C19H21N5O2/c1-3-7-16-20-10-15-17(21-16)24(18(25)22(15)2)19(26)23-11-14(12-23)13-8-5-4-6-9-13/h4-6,8-10,14H,3,7,11-12H2,1-2H3. The van der Waals surface area contributed by atoms with E-state index in [1.807, 2.05) is 25.1 Å². The van der Waals surface area contributed by atoms with Crippen molar-refractivity contribution in [3.63, 3.8) is 0 Å². The molecule has 1 aliphatic rings. The highest BCUT2D eigenvalue weighted by Gasteiger charge is 2.34. The van der Waals surface area contributed by atoms with E-state index in [2.05, 4.69) is 22.1 Å². The van der Waals surface area contributed by atoms with Crippen molar-refractivity contribution in [1.29, 1.82) is 0 Å². The van der Waals surface area contributed by atoms with Crippen LogP contribution in [-0.4, -0.2) is 43.1 Å². The lowest BCUT2D eigenvalue weighted by Gasteiger charge is -2.39. The Hall–Kier alpha value is -2.96. The van der Waals surface area contributed by atoms with Gasteiger partial charge >= 0.3 is 11.7 Å². The molecule has 0 bridgehead atoms. The molecule has 0 N–H and O–H groups in total. The molecule has 0 radical (unpaired) electrons. The maximum atomic E-state index is 12.9. The van der Waals surface area contributed by atoms with Gasteiger partial charge in [0.1, 0.15) is 11.3 Å². The first-order valence-electron chi connectivity index (χ1n) is 8.87. The number of fused-ring (bicyclic) bond motifs is 1. The van der Waals surface area contributed by atoms with Gasteiger partial charge in [-0.1, -0.05) is 37.3 Å². The fourth-order valence-electron chi connectivity index (χ4n) is 3.38. The molecule has 1 aliphatic heterocycles. The molecule has 26 heavy (non-hydrogen) atoms. The van der Waals surface area contributed by atoms with Crippen LogP contribution in [0.25, 0.3) is 11.2 Å². The molecule has 0 atom stereocenters. The molecule has 2 aromatic heterocycles. The predicted molar refractivity (Wildman–Crippen MR) is 98.3 cm³/mol. The van der Waals surface area contributed by atoms with Gasteiger partial charge in [-0.3, -0.25) is 4.57 Å². The summed E-state index contributed by atoms with van der Waals surface area (Å²) in [6.07, 6.45) is 3.25. The average Bonchev–Trinajstić information content (AvgIpc) is 2.85. The summed E-state index contributed by atoms with van der Waals surface area (Å²) in [4.78, 5) is 36.0. The molecule has 7 heteroatoms. The van der Waals surface area contributed by atoms with Gasteiger partial charge in [0.25, 0.3) is 0 Å². The zero-order valence-corrected chi connectivity index (χ0v) is 14.9. The summed E-state index contributed by atoms with van der Waals surface area (Å²) >= 11 is 0. The molecular formula is C19H21N5O2. The molecule has 3 aromatic rings. The highest BCUT2D eigenvalue weighted by molar-refractivity contribution is 5.87. The first-order valence-corrected chi connectivity index (χ1v) is 8.87. The van der Waals surface area contributed by atoms with Gasteiger partial charge in [-0.2, -0.15) is 4.57 Å². The smallest absolute Gasteiger partial charge is 0.323 e. The number of carbonyl (C=O) groups is 1. The van der Waals surface area contributed by atoms with Crippen molar-refractivity contribution in [3.05, 3.63) is 58.4 Å². The van der Waals surface area contributed by atoms with Crippen molar-refractivity contribution in [2.24, 2.45) is 7.05 Å². The molecular weight excluding hydrogens is 330 g/mol. The minimum Gasteiger partial charge on any atom is -0.323 e. The molecule has 4 rings (SSSR count). The lowest BCUT2D eigenvalue weighted by Crippen LogP contribution is -2.52. The molecule has 0 unspecified atom stereocenters. The van der Waals surface area contributed by atoms with E-state index in [-0.39, 0.29) is 11.7 Å². The highest BCUT2D eigenvalue weighted by atomic mass is 16.2. The number of likely N-dealkylation sites (tertiary alicyclic amines) is 1. The van der Waals surface area contributed by atoms with Crippen LogP contribution in [0.1, 0.15) is 30.7 Å². The monoisotopic (exact) mass is 351 g/mol. The minimum atomic E-state index is -0.379. The number of benzene rings is 1. The quantitative estimate of drug-likeness (QED) is 0.725. The predicted octanol–water partition coefficient (Wildman–Crippen LogP) is 2.15. The van der Waals surface area contributed by atoms with Crippen LogP contribution in [0.15, 0.2) is 41.3 Å². The SMILES string of the molecule is CCCc1ncc2c(n1)n(C(=O)N1CC(c3ccccc3)C1)c(=O)n2C. The minimum absolute atomic E-state index is 0.311. The van der Waals surface area contributed by atoms with Gasteiger partial charge < -0.3 is 4.90 Å². The molecule has 1 aromatic carbocycles. The van der Waals surface area contributed by atoms with Crippen molar-refractivity contribution in [3.8, 4) is 0 Å². The molecule has 0 saturated carbocycles. The van der Waals surface area contributed by atoms with Crippen molar-refractivity contribution >= 4 is 17.2 Å². The molecule has 0 aliphatic carbocycles. The fourth-order valence-corrected chi connectivity index (χ4v) is 3.38. The number of carbonyl (C=O) groups excluding carboxylic acids is 1. The Kier molecular flexibility index (Phi) is 4.06. The summed E-state index contributed by atoms with van der Waals surface area (Å²) in [5.74, 6) is 0.967. The third-order valence-electron chi connectivity index (χ3n) is 4.94. The Morgan fingerprint density at radius 3 is 2.65 bits per heavy atom. The summed E-state index contributed by atoms with van der Waals surface area (Å²) in [5.41, 5.74) is 1.80. The van der Waals surface area contributed by atoms with Gasteiger partial charge in [-0.15, -0.1) is 0 Å². The maximum absolute atomic E-state index is 12.9. The first kappa shape index (κ1) is 16.5. The second-order valence-corrected chi connectivity index (χ2v) is 6.72. The number of hydrogen-bond acceptors (Lipinski definition) is 4. The van der Waals surface area contributed by atoms with Crippen LogP contribution in [0.4, 0.5) is 4.79 Å². The van der Waals surface area contributed by atoms with Crippen LogP contribution in [-0.2, 0) is 13.5 Å². The summed E-state index contributed by atoms with van der Waals surface area (Å²) in [6, 6.07) is 9.81. The van der Waals surface area contributed by atoms with Crippen molar-refractivity contribution in [2.45, 2.75) is 25.7 Å². The van der Waals surface area contributed by atoms with Crippen molar-refractivity contribution in [2.75, 3.05) is 13.1 Å². The summed E-state index contributed by atoms with van der Waals surface area (Å²) < 4.78 is 2.61. The van der Waals surface area contributed by atoms with Gasteiger partial charge in [0.15, 0.2) is 5.65 Å². The molecule has 3 heterocycles. The van der Waals surface area contributed by atoms with E-state index in [0.717, 1.165) is 6.42 Å². The van der Waals surface area contributed by atoms with Gasteiger partial charge in [0.2, 0.25) is 0 Å². The van der Waals surface area contributed by atoms with E-state index in [1.165, 1.54) is 14.7 Å². The van der Waals surface area contributed by atoms with Gasteiger partial charge in [0, 0.05) is 32.5 Å². The third-order valence-corrected chi connectivity index (χ3v) is 4.94. The van der Waals surface area contributed by atoms with Crippen LogP contribution < -0.4 is 5.69 Å². The summed E-state index contributed by atoms with van der Waals surface area (Å²) in [6.45, 7) is 3.26. The normalized spacial score (nSPS) is 14.6. The van der Waals surface area contributed by atoms with Crippen LogP contribution in [0.3, 0.4) is 0 Å². The Labute approximate surface area is 150 Å². The number of aromatic nitrogens is 4. The van der Waals surface area contributed by atoms with Gasteiger partial charge in [0.05, 0.1) is 6.20 Å². The Balaban J connectivity index is 1.64. The number of hydrogen-bond donors (Lipinski definition) is 0. The van der Waals surface area contributed by atoms with Crippen LogP contribution >= 0.6 is 0 Å². The molecule has 1 saturated heterocycles. The van der Waals surface area contributed by atoms with Crippen LogP contribution in [0.2, 0.25) is 0 Å². The molecule has 1 fully saturated rings. The molecule has 1 amide bonds. The van der Waals surface area contributed by atoms with E-state index < -0.39 is 0 Å². The lowest BCUT2D eigenvalue weighted by atomic mass is 9.92. The first-order chi connectivity index (χ1) is 12.6. The molecule has 0 spiro atoms. The molecule has 134 valence electrons. The Morgan fingerprint density at radius 2 is 1.96 bits per heavy atom. The number of nitrogens with zero attached hydrogens (tertiary/aromatic N) is 5. The van der Waals surface area contributed by atoms with Crippen molar-refractivity contribution in [1.82, 2.24) is 24.0 Å². The van der Waals surface area contributed by atoms with Crippen LogP contribution in [0.5, 0.6) is 0 Å². The Morgan fingerprint density at radius 1 is 1.23 bits per heavy atom. The van der Waals surface area contributed by atoms with Gasteiger partial charge in [-0.25, -0.2) is 19.6 Å². The zero-order valence-electron chi connectivity index (χ0n) is 14.9. The van der Waals surface area contributed by atoms with Gasteiger partial charge in [-0.05, 0) is 12.0 Å². The van der Waals surface area contributed by atoms with Crippen molar-refractivity contribution < 1.29 is 4.79 Å². The van der Waals surface area contributed by atoms with Crippen LogP contribution in [0, 0.1) is 0 Å². The highest BCUT2D eigenvalue weighted by Crippen LogP contribution is 2.27. The summed E-state index contributed by atoms with van der Waals surface area (Å²) in [5, 5.41) is 0. The lowest BCUT2D eigenvalue weighted by molar-refractivity contribution is 0.152. The third kappa shape index (κ3) is 2.60. The second kappa shape index (κ2) is 6.40. The van der Waals surface area contributed by atoms with E-state index in [1.54, 1.807) is 18.1 Å². The summed E-state index contributed by atoms with van der Waals surface area (Å²) in [7, 11) is 1.64. The van der Waals surface area contributed by atoms with E-state index in [0.29, 0.717) is 42.4 Å².